The van der Waals surface area contributed by atoms with Gasteiger partial charge in [-0.3, -0.25) is 0 Å². The predicted molar refractivity (Wildman–Crippen MR) is 135 cm³/mol. The summed E-state index contributed by atoms with van der Waals surface area (Å²) >= 11 is 0. The van der Waals surface area contributed by atoms with Gasteiger partial charge in [-0.15, -0.1) is 4.52 Å². The third kappa shape index (κ3) is 9.24. The van der Waals surface area contributed by atoms with E-state index in [2.05, 4.69) is 27.7 Å². The SMILES string of the molecule is CCCOP1(OCCC)=NC(C)P(OCCC)(OCCC)=NP(OCCC)(OCCC)=N1. The van der Waals surface area contributed by atoms with Gasteiger partial charge in [0.2, 0.25) is 7.51 Å². The summed E-state index contributed by atoms with van der Waals surface area (Å²) in [5.74, 6) is -0.399. The average molecular weight is 518 g/mol. The highest BCUT2D eigenvalue weighted by molar-refractivity contribution is 7.73. The quantitative estimate of drug-likeness (QED) is 0.169. The Hall–Kier alpha value is 0.450. The molecule has 0 aromatic carbocycles. The van der Waals surface area contributed by atoms with E-state index in [0.717, 1.165) is 38.5 Å². The second-order valence-electron chi connectivity index (χ2n) is 7.47. The van der Waals surface area contributed by atoms with Crippen LogP contribution in [0, 0.1) is 0 Å². The Morgan fingerprint density at radius 3 is 1.22 bits per heavy atom. The van der Waals surface area contributed by atoms with Gasteiger partial charge < -0.3 is 27.1 Å². The lowest BCUT2D eigenvalue weighted by Gasteiger charge is -2.29. The summed E-state index contributed by atoms with van der Waals surface area (Å²) in [6.45, 7) is 17.2. The highest BCUT2D eigenvalue weighted by atomic mass is 31.3. The number of rotatable bonds is 18. The molecule has 0 spiro atoms. The van der Waals surface area contributed by atoms with Crippen LogP contribution in [-0.4, -0.2) is 45.4 Å². The van der Waals surface area contributed by atoms with Gasteiger partial charge in [0, 0.05) is 0 Å². The first-order valence-corrected chi connectivity index (χ1v) is 16.9. The van der Waals surface area contributed by atoms with Crippen LogP contribution in [0.5, 0.6) is 0 Å². The van der Waals surface area contributed by atoms with Crippen LogP contribution < -0.4 is 0 Å². The zero-order valence-corrected chi connectivity index (χ0v) is 23.9. The number of hydrogen-bond acceptors (Lipinski definition) is 9. The molecule has 9 nitrogen and oxygen atoms in total. The van der Waals surface area contributed by atoms with Crippen molar-refractivity contribution in [2.24, 2.45) is 13.8 Å². The Morgan fingerprint density at radius 1 is 0.500 bits per heavy atom. The molecular weight excluding hydrogens is 471 g/mol. The van der Waals surface area contributed by atoms with E-state index in [9.17, 15) is 0 Å². The van der Waals surface area contributed by atoms with Gasteiger partial charge in [0.1, 0.15) is 5.78 Å². The lowest BCUT2D eigenvalue weighted by atomic mass is 10.5. The first kappa shape index (κ1) is 30.5. The van der Waals surface area contributed by atoms with Crippen molar-refractivity contribution in [3.63, 3.8) is 0 Å². The Labute approximate surface area is 196 Å². The van der Waals surface area contributed by atoms with Crippen LogP contribution in [0.3, 0.4) is 0 Å². The maximum atomic E-state index is 6.37. The Balaban J connectivity index is 3.84. The molecule has 0 radical (unpaired) electrons. The van der Waals surface area contributed by atoms with E-state index in [1.165, 1.54) is 0 Å². The van der Waals surface area contributed by atoms with Crippen molar-refractivity contribution in [3.05, 3.63) is 0 Å². The van der Waals surface area contributed by atoms with Gasteiger partial charge in [-0.2, -0.15) is 4.52 Å². The van der Waals surface area contributed by atoms with Crippen molar-refractivity contribution in [2.45, 2.75) is 92.8 Å². The highest BCUT2D eigenvalue weighted by Crippen LogP contribution is 2.77. The van der Waals surface area contributed by atoms with Crippen LogP contribution in [0.15, 0.2) is 13.8 Å². The molecular formula is C20H46N3O6P3. The molecule has 0 fully saturated rings. The number of nitrogens with zero attached hydrogens (tertiary/aromatic N) is 3. The fraction of sp³-hybridized carbons (Fsp3) is 1.00. The Kier molecular flexibility index (Phi) is 15.4. The average Bonchev–Trinajstić information content (AvgIpc) is 2.89. The van der Waals surface area contributed by atoms with Gasteiger partial charge in [0.25, 0.3) is 0 Å². The minimum absolute atomic E-state index is 0.399. The first-order valence-electron chi connectivity index (χ1n) is 12.2. The van der Waals surface area contributed by atoms with E-state index in [-0.39, 0.29) is 0 Å². The minimum Gasteiger partial charge on any atom is -0.322 e. The van der Waals surface area contributed by atoms with Gasteiger partial charge in [-0.25, -0.2) is 4.74 Å². The van der Waals surface area contributed by atoms with Crippen molar-refractivity contribution < 1.29 is 27.1 Å². The third-order valence-electron chi connectivity index (χ3n) is 4.06. The molecule has 0 aliphatic carbocycles. The molecule has 0 aromatic heterocycles. The van der Waals surface area contributed by atoms with E-state index in [1.807, 2.05) is 20.8 Å². The van der Waals surface area contributed by atoms with Gasteiger partial charge in [0.05, 0.1) is 39.6 Å². The van der Waals surface area contributed by atoms with Crippen LogP contribution in [0.1, 0.15) is 87.0 Å². The zero-order valence-electron chi connectivity index (χ0n) is 21.2. The monoisotopic (exact) mass is 517 g/mol. The van der Waals surface area contributed by atoms with E-state index >= 15 is 0 Å². The maximum Gasteiger partial charge on any atom is 0.347 e. The van der Waals surface area contributed by atoms with Crippen molar-refractivity contribution in [3.8, 4) is 0 Å². The lowest BCUT2D eigenvalue weighted by molar-refractivity contribution is 0.225. The molecule has 32 heavy (non-hydrogen) atoms. The summed E-state index contributed by atoms with van der Waals surface area (Å²) in [6, 6.07) is 0. The van der Waals surface area contributed by atoms with Crippen LogP contribution in [0.4, 0.5) is 0 Å². The third-order valence-corrected chi connectivity index (χ3v) is 12.8. The summed E-state index contributed by atoms with van der Waals surface area (Å²) in [7, 11) is -9.07. The molecule has 1 unspecified atom stereocenters. The molecule has 0 saturated heterocycles. The molecule has 1 atom stereocenters. The lowest BCUT2D eigenvalue weighted by Crippen LogP contribution is -2.10. The minimum atomic E-state index is -3.15. The fourth-order valence-corrected chi connectivity index (χ4v) is 12.6. The molecule has 1 aliphatic heterocycles. The molecule has 0 aromatic rings. The van der Waals surface area contributed by atoms with Crippen molar-refractivity contribution in [1.29, 1.82) is 0 Å². The fourth-order valence-electron chi connectivity index (χ4n) is 2.58. The molecule has 0 N–H and O–H groups in total. The molecule has 0 saturated carbocycles. The molecule has 1 heterocycles. The van der Waals surface area contributed by atoms with E-state index in [0.29, 0.717) is 39.6 Å². The van der Waals surface area contributed by atoms with Gasteiger partial charge in [-0.05, 0) is 45.4 Å². The van der Waals surface area contributed by atoms with Crippen molar-refractivity contribution in [2.75, 3.05) is 39.6 Å². The van der Waals surface area contributed by atoms with E-state index in [1.54, 1.807) is 0 Å². The molecule has 192 valence electrons. The topological polar surface area (TPSA) is 92.5 Å². The molecule has 12 heteroatoms. The van der Waals surface area contributed by atoms with Crippen LogP contribution in [0.2, 0.25) is 0 Å². The molecule has 1 rings (SSSR count). The van der Waals surface area contributed by atoms with Crippen molar-refractivity contribution in [1.82, 2.24) is 0 Å². The Bertz CT molecular complexity index is 653. The van der Waals surface area contributed by atoms with Crippen LogP contribution in [-0.2, 0) is 27.1 Å². The first-order chi connectivity index (χ1) is 15.4. The zero-order chi connectivity index (χ0) is 23.9. The van der Waals surface area contributed by atoms with Gasteiger partial charge in [-0.1, -0.05) is 41.5 Å². The second-order valence-corrected chi connectivity index (χ2v) is 14.5. The smallest absolute Gasteiger partial charge is 0.322 e. The van der Waals surface area contributed by atoms with Gasteiger partial charge >= 0.3 is 15.3 Å². The van der Waals surface area contributed by atoms with Crippen molar-refractivity contribution >= 4 is 22.8 Å². The summed E-state index contributed by atoms with van der Waals surface area (Å²) < 4.78 is 53.1. The predicted octanol–water partition coefficient (Wildman–Crippen LogP) is 8.83. The summed E-state index contributed by atoms with van der Waals surface area (Å²) in [4.78, 5) is 0. The summed E-state index contributed by atoms with van der Waals surface area (Å²) in [5.41, 5.74) is 0. The second kappa shape index (κ2) is 16.2. The summed E-state index contributed by atoms with van der Waals surface area (Å²) in [5, 5.41) is 0. The number of hydrogen-bond donors (Lipinski definition) is 0. The maximum absolute atomic E-state index is 6.37. The largest absolute Gasteiger partial charge is 0.347 e. The van der Waals surface area contributed by atoms with Crippen LogP contribution >= 0.6 is 22.8 Å². The molecule has 0 amide bonds. The molecule has 0 bridgehead atoms. The standard InChI is InChI=1S/C20H46N3O6P3/c1-8-14-24-30(25-15-9-2)20(7)21-31(26-16-10-3,27-17-11-4)23-32(22-30,28-18-12-5)29-19-13-6/h20H,8-19H2,1-7H3. The molecule has 1 aliphatic rings. The van der Waals surface area contributed by atoms with Crippen LogP contribution in [0.25, 0.3) is 0 Å². The summed E-state index contributed by atoms with van der Waals surface area (Å²) in [6.07, 6.45) is 4.94. The Morgan fingerprint density at radius 2 is 0.844 bits per heavy atom. The highest BCUT2D eigenvalue weighted by Gasteiger charge is 2.43. The van der Waals surface area contributed by atoms with E-state index in [4.69, 9.17) is 40.9 Å². The van der Waals surface area contributed by atoms with E-state index < -0.39 is 28.6 Å². The normalized spacial score (nSPS) is 21.3. The van der Waals surface area contributed by atoms with Gasteiger partial charge in [0.15, 0.2) is 0 Å².